The second kappa shape index (κ2) is 12.3. The Balaban J connectivity index is 1.16. The fraction of sp³-hybridized carbons (Fsp3) is 0.0625. The van der Waals surface area contributed by atoms with Gasteiger partial charge in [0, 0.05) is 23.0 Å². The Morgan fingerprint density at radius 1 is 0.659 bits per heavy atom. The van der Waals surface area contributed by atoms with Crippen LogP contribution in [0.4, 0.5) is 34.9 Å². The normalized spacial score (nSPS) is 11.0. The van der Waals surface area contributed by atoms with Crippen molar-refractivity contribution in [1.29, 1.82) is 0 Å². The van der Waals surface area contributed by atoms with Crippen LogP contribution in [-0.2, 0) is 18.9 Å². The summed E-state index contributed by atoms with van der Waals surface area (Å²) in [5.41, 5.74) is 29.3. The van der Waals surface area contributed by atoms with Crippen molar-refractivity contribution in [1.82, 2.24) is 9.97 Å². The van der Waals surface area contributed by atoms with Crippen molar-refractivity contribution in [2.45, 2.75) is 0 Å². The second-order valence-electron chi connectivity index (χ2n) is 10.1. The Hall–Kier alpha value is -6.30. The largest absolute Gasteiger partial charge is 0.391 e. The molecule has 0 aliphatic carbocycles. The number of aromatic nitrogens is 4. The third-order valence-corrected chi connectivity index (χ3v) is 6.91. The van der Waals surface area contributed by atoms with Gasteiger partial charge in [0.1, 0.15) is 0 Å². The van der Waals surface area contributed by atoms with Crippen LogP contribution in [-0.4, -0.2) is 21.8 Å². The summed E-state index contributed by atoms with van der Waals surface area (Å²) in [5, 5.41) is 5.71. The summed E-state index contributed by atoms with van der Waals surface area (Å²) in [6.07, 6.45) is 6.71. The lowest BCUT2D eigenvalue weighted by Gasteiger charge is -2.08. The molecule has 0 aliphatic heterocycles. The zero-order chi connectivity index (χ0) is 31.4. The molecule has 10 N–H and O–H groups in total. The van der Waals surface area contributed by atoms with Gasteiger partial charge in [-0.2, -0.15) is 0 Å². The lowest BCUT2D eigenvalue weighted by atomic mass is 10.1. The molecular formula is C32H32N10O2+2. The monoisotopic (exact) mass is 588 g/mol. The van der Waals surface area contributed by atoms with Gasteiger partial charge in [0.2, 0.25) is 17.5 Å². The first-order valence-electron chi connectivity index (χ1n) is 13.5. The van der Waals surface area contributed by atoms with Gasteiger partial charge in [-0.3, -0.25) is 21.1 Å². The molecule has 3 aromatic carbocycles. The fourth-order valence-corrected chi connectivity index (χ4v) is 4.39. The molecule has 2 heterocycles. The number of nitrogens with zero attached hydrogens (tertiary/aromatic N) is 4. The fourth-order valence-electron chi connectivity index (χ4n) is 4.39. The topological polar surface area (TPSA) is 196 Å². The average molecular weight is 589 g/mol. The van der Waals surface area contributed by atoms with Crippen LogP contribution in [0.5, 0.6) is 0 Å². The third kappa shape index (κ3) is 6.60. The van der Waals surface area contributed by atoms with Crippen molar-refractivity contribution in [3.8, 4) is 22.3 Å². The third-order valence-electron chi connectivity index (χ3n) is 6.91. The molecule has 12 nitrogen and oxygen atoms in total. The Bertz CT molecular complexity index is 1890. The summed E-state index contributed by atoms with van der Waals surface area (Å²) in [6, 6.07) is 21.4. The maximum Gasteiger partial charge on any atom is 0.391 e. The number of aryl methyl sites for hydroxylation is 2. The van der Waals surface area contributed by atoms with Crippen LogP contribution in [0.3, 0.4) is 0 Å². The van der Waals surface area contributed by atoms with Crippen LogP contribution >= 0.6 is 0 Å². The highest BCUT2D eigenvalue weighted by atomic mass is 16.2. The molecule has 0 bridgehead atoms. The number of benzene rings is 3. The van der Waals surface area contributed by atoms with E-state index in [9.17, 15) is 9.59 Å². The van der Waals surface area contributed by atoms with Gasteiger partial charge in [0.15, 0.2) is 0 Å². The zero-order valence-corrected chi connectivity index (χ0v) is 24.2. The molecule has 12 heteroatoms. The summed E-state index contributed by atoms with van der Waals surface area (Å²) >= 11 is 0. The highest BCUT2D eigenvalue weighted by Gasteiger charge is 2.14. The maximum absolute atomic E-state index is 12.8. The Labute approximate surface area is 253 Å². The molecule has 5 aromatic rings. The molecule has 220 valence electrons. The van der Waals surface area contributed by atoms with E-state index in [0.29, 0.717) is 40.5 Å². The predicted molar refractivity (Wildman–Crippen MR) is 171 cm³/mol. The average Bonchev–Trinajstić information content (AvgIpc) is 3.01. The summed E-state index contributed by atoms with van der Waals surface area (Å²) < 4.78 is 3.37. The number of nitrogens with two attached hydrogens (primary N) is 4. The van der Waals surface area contributed by atoms with Crippen molar-refractivity contribution in [2.24, 2.45) is 14.1 Å². The van der Waals surface area contributed by atoms with Gasteiger partial charge < -0.3 is 22.1 Å². The van der Waals surface area contributed by atoms with Crippen molar-refractivity contribution < 1.29 is 18.7 Å². The lowest BCUT2D eigenvalue weighted by Crippen LogP contribution is -2.33. The molecule has 44 heavy (non-hydrogen) atoms. The highest BCUT2D eigenvalue weighted by Crippen LogP contribution is 2.26. The van der Waals surface area contributed by atoms with Gasteiger partial charge in [-0.05, 0) is 59.2 Å². The number of hydrogen-bond acceptors (Lipinski definition) is 8. The van der Waals surface area contributed by atoms with E-state index in [1.807, 2.05) is 24.3 Å². The van der Waals surface area contributed by atoms with Crippen LogP contribution in [0.25, 0.3) is 28.3 Å². The van der Waals surface area contributed by atoms with Crippen LogP contribution < -0.4 is 42.7 Å². The van der Waals surface area contributed by atoms with E-state index in [2.05, 4.69) is 20.6 Å². The summed E-state index contributed by atoms with van der Waals surface area (Å²) in [5.74, 6) is 0.721. The molecule has 0 spiro atoms. The van der Waals surface area contributed by atoms with E-state index in [1.165, 1.54) is 6.08 Å². The molecule has 2 amide bonds. The summed E-state index contributed by atoms with van der Waals surface area (Å²) in [6.45, 7) is 0. The molecule has 2 aromatic heterocycles. The molecule has 0 radical (unpaired) electrons. The number of amides is 2. The first-order chi connectivity index (χ1) is 21.1. The van der Waals surface area contributed by atoms with Gasteiger partial charge in [0.05, 0.1) is 37.6 Å². The van der Waals surface area contributed by atoms with Gasteiger partial charge in [-0.1, -0.05) is 46.4 Å². The number of rotatable bonds is 7. The number of carbonyl (C=O) groups excluding carboxylic acids is 2. The molecular weight excluding hydrogens is 556 g/mol. The number of carbonyl (C=O) groups is 2. The van der Waals surface area contributed by atoms with Crippen LogP contribution in [0.2, 0.25) is 0 Å². The first kappa shape index (κ1) is 29.2. The van der Waals surface area contributed by atoms with Gasteiger partial charge in [-0.25, -0.2) is 9.13 Å². The van der Waals surface area contributed by atoms with E-state index in [-0.39, 0.29) is 11.8 Å². The number of hydrogen-bond donors (Lipinski definition) is 6. The van der Waals surface area contributed by atoms with Crippen molar-refractivity contribution in [2.75, 3.05) is 33.6 Å². The molecule has 0 saturated carbocycles. The van der Waals surface area contributed by atoms with Crippen LogP contribution in [0, 0.1) is 0 Å². The Morgan fingerprint density at radius 2 is 1.11 bits per heavy atom. The quantitative estimate of drug-likeness (QED) is 0.123. The molecule has 0 unspecified atom stereocenters. The minimum atomic E-state index is -0.298. The second-order valence-corrected chi connectivity index (χ2v) is 10.1. The molecule has 5 rings (SSSR count). The Morgan fingerprint density at radius 3 is 1.59 bits per heavy atom. The number of nitrogens with one attached hydrogen (secondary N) is 2. The van der Waals surface area contributed by atoms with Crippen LogP contribution in [0.1, 0.15) is 15.9 Å². The predicted octanol–water partition coefficient (Wildman–Crippen LogP) is 2.69. The summed E-state index contributed by atoms with van der Waals surface area (Å²) in [7, 11) is 3.57. The Kier molecular flexibility index (Phi) is 8.15. The molecule has 0 saturated heterocycles. The van der Waals surface area contributed by atoms with Crippen molar-refractivity contribution in [3.05, 3.63) is 102 Å². The highest BCUT2D eigenvalue weighted by molar-refractivity contribution is 6.05. The molecule has 0 aliphatic rings. The van der Waals surface area contributed by atoms with Crippen LogP contribution in [0.15, 0.2) is 91.3 Å². The van der Waals surface area contributed by atoms with Gasteiger partial charge >= 0.3 is 11.9 Å². The van der Waals surface area contributed by atoms with E-state index in [0.717, 1.165) is 27.8 Å². The maximum atomic E-state index is 12.8. The molecule has 0 atom stereocenters. The standard InChI is InChI=1S/C32H30N10O2/c1-41-17-25(28(33)39-31(41)35)20-8-12-23(13-9-20)37-27(43)16-5-19-3-6-22(7-4-19)30(44)38-24-14-10-21(11-15-24)26-18-42(2)32(36)40-29(26)34/h3-18H,1-2H3,(H8,33,34,35,36,37,38,39,40,43,44)/p+2/b16-5+. The summed E-state index contributed by atoms with van der Waals surface area (Å²) in [4.78, 5) is 33.6. The van der Waals surface area contributed by atoms with Gasteiger partial charge in [0.25, 0.3) is 5.91 Å². The van der Waals surface area contributed by atoms with Gasteiger partial charge in [-0.15, -0.1) is 0 Å². The van der Waals surface area contributed by atoms with Crippen molar-refractivity contribution >= 4 is 52.8 Å². The first-order valence-corrected chi connectivity index (χ1v) is 13.5. The van der Waals surface area contributed by atoms with E-state index < -0.39 is 0 Å². The van der Waals surface area contributed by atoms with E-state index in [4.69, 9.17) is 22.9 Å². The number of nitrogen functional groups attached to an aromatic ring is 4. The van der Waals surface area contributed by atoms with E-state index >= 15 is 0 Å². The minimum Gasteiger partial charge on any atom is -0.369 e. The lowest BCUT2D eigenvalue weighted by molar-refractivity contribution is -0.658. The van der Waals surface area contributed by atoms with E-state index in [1.54, 1.807) is 90.2 Å². The van der Waals surface area contributed by atoms with Crippen molar-refractivity contribution in [3.63, 3.8) is 0 Å². The smallest absolute Gasteiger partial charge is 0.369 e. The number of anilines is 6. The zero-order valence-electron chi connectivity index (χ0n) is 24.2. The SMILES string of the molecule is C[n+]1cc(-c2ccc(NC(=O)/C=C/c3ccc(C(=O)Nc4ccc(-c5c[n+](C)c(N)nc5N)cc4)cc3)cc2)c(N)nc1N. The molecule has 0 fully saturated rings. The minimum absolute atomic E-state index is 0.264.